The van der Waals surface area contributed by atoms with E-state index < -0.39 is 103 Å². The lowest BCUT2D eigenvalue weighted by Gasteiger charge is -2.26. The molecule has 2 aromatic heterocycles. The number of carbonyl (C=O) groups is 9. The lowest BCUT2D eigenvalue weighted by Crippen LogP contribution is -2.45. The smallest absolute Gasteiger partial charge is 0.408 e. The highest BCUT2D eigenvalue weighted by molar-refractivity contribution is 6.33. The van der Waals surface area contributed by atoms with Crippen LogP contribution >= 0.6 is 11.6 Å². The fourth-order valence-electron chi connectivity index (χ4n) is 11.3. The lowest BCUT2D eigenvalue weighted by molar-refractivity contribution is -0.195. The third-order valence-electron chi connectivity index (χ3n) is 15.9. The second-order valence-electron chi connectivity index (χ2n) is 22.8. The minimum atomic E-state index is -1.27. The van der Waals surface area contributed by atoms with E-state index in [2.05, 4.69) is 20.6 Å². The first-order valence-electron chi connectivity index (χ1n) is 31.3. The van der Waals surface area contributed by atoms with Crippen LogP contribution in [0, 0.1) is 11.8 Å². The van der Waals surface area contributed by atoms with E-state index in [0.29, 0.717) is 22.2 Å². The van der Waals surface area contributed by atoms with Gasteiger partial charge in [-0.15, -0.1) is 0 Å². The quantitative estimate of drug-likeness (QED) is 0.0275. The summed E-state index contributed by atoms with van der Waals surface area (Å²) < 4.78 is 52.7. The largest absolute Gasteiger partial charge is 0.459 e. The summed E-state index contributed by atoms with van der Waals surface area (Å²) in [7, 11) is 0. The van der Waals surface area contributed by atoms with Crippen molar-refractivity contribution in [1.29, 1.82) is 0 Å². The Bertz CT molecular complexity index is 3950. The molecule has 4 heterocycles. The van der Waals surface area contributed by atoms with E-state index >= 15 is 0 Å². The van der Waals surface area contributed by atoms with Crippen LogP contribution in [0.1, 0.15) is 89.2 Å². The molecule has 6 aromatic carbocycles. The Balaban J connectivity index is 0.000000229. The second kappa shape index (κ2) is 35.2. The molecule has 2 saturated heterocycles. The van der Waals surface area contributed by atoms with E-state index in [4.69, 9.17) is 54.2 Å². The molecule has 10 atom stereocenters. The van der Waals surface area contributed by atoms with Crippen molar-refractivity contribution >= 4 is 76.2 Å². The standard InChI is InChI=1S/C38H35ClN4O8.C35H37NO10/c1-24(44)50-33-29(20-31(45)30(19-25-11-5-2-6-12-25)42-38(47)49-21-26-13-7-3-8-14-26)32(22-48-37(46)27-15-9-4-10-16-27)51-36(33)43-18-17-28-34(39)40-23-41-35(28)43;1-23(37)44-32-28(31(46-34(32)45-24(2)38)22-42-33(40)27-16-10-5-11-17-27)18-19-30(39)29(20-25-12-6-3-7-13-25)36-35(41)43-21-26-14-8-4-9-15-26/h2-18,23,29-30,32-33,36H,19-22H2,1H3,(H,42,47);3-17,28-29,31-32,34H,18-22H2,1-2H3,(H,36,41)/t29-,30-,32+,33?,36+;28-,29-,31+,32?,34-/m00/s1. The molecule has 2 N–H and O–H groups in total. The summed E-state index contributed by atoms with van der Waals surface area (Å²) in [5.41, 5.74) is 4.28. The van der Waals surface area contributed by atoms with E-state index in [1.54, 1.807) is 77.5 Å². The summed E-state index contributed by atoms with van der Waals surface area (Å²) in [6.07, 6.45) is -4.47. The molecule has 24 heteroatoms. The zero-order valence-electron chi connectivity index (χ0n) is 53.3. The second-order valence-corrected chi connectivity index (χ2v) is 23.2. The number of ketones is 2. The van der Waals surface area contributed by atoms with Gasteiger partial charge in [0.2, 0.25) is 6.29 Å². The van der Waals surface area contributed by atoms with E-state index in [1.165, 1.54) is 27.1 Å². The summed E-state index contributed by atoms with van der Waals surface area (Å²) in [4.78, 5) is 124. The van der Waals surface area contributed by atoms with Gasteiger partial charge in [-0.2, -0.15) is 0 Å². The molecule has 0 bridgehead atoms. The molecule has 23 nitrogen and oxygen atoms in total. The number of amides is 2. The van der Waals surface area contributed by atoms with Gasteiger partial charge in [-0.3, -0.25) is 24.0 Å². The molecule has 0 saturated carbocycles. The zero-order valence-corrected chi connectivity index (χ0v) is 54.0. The van der Waals surface area contributed by atoms with Gasteiger partial charge in [0.1, 0.15) is 55.8 Å². The van der Waals surface area contributed by atoms with E-state index in [9.17, 15) is 43.2 Å². The normalized spacial score (nSPS) is 19.1. The van der Waals surface area contributed by atoms with Crippen molar-refractivity contribution in [2.75, 3.05) is 13.2 Å². The molecular formula is C73H72ClN5O18. The van der Waals surface area contributed by atoms with Crippen LogP contribution in [0.2, 0.25) is 5.15 Å². The number of aromatic nitrogens is 3. The molecule has 10 rings (SSSR count). The highest BCUT2D eigenvalue weighted by atomic mass is 35.5. The number of rotatable bonds is 27. The number of Topliss-reactive ketones (excluding diaryl/α,β-unsaturated/α-hetero) is 2. The van der Waals surface area contributed by atoms with Crippen molar-refractivity contribution in [1.82, 2.24) is 25.2 Å². The molecule has 8 aromatic rings. The predicted molar refractivity (Wildman–Crippen MR) is 350 cm³/mol. The summed E-state index contributed by atoms with van der Waals surface area (Å²) in [6.45, 7) is 3.18. The van der Waals surface area contributed by atoms with Crippen molar-refractivity contribution < 1.29 is 85.8 Å². The van der Waals surface area contributed by atoms with Crippen LogP contribution in [0.15, 0.2) is 201 Å². The Kier molecular flexibility index (Phi) is 25.7. The molecule has 2 fully saturated rings. The number of hydrogen-bond donors (Lipinski definition) is 2. The van der Waals surface area contributed by atoms with Gasteiger partial charge < -0.3 is 57.8 Å². The number of carbonyl (C=O) groups excluding carboxylic acids is 9. The monoisotopic (exact) mass is 1340 g/mol. The molecule has 2 unspecified atom stereocenters. The average Bonchev–Trinajstić information content (AvgIpc) is 1.62. The molecule has 504 valence electrons. The zero-order chi connectivity index (χ0) is 68.6. The summed E-state index contributed by atoms with van der Waals surface area (Å²) in [5, 5.41) is 6.19. The van der Waals surface area contributed by atoms with Crippen LogP contribution in [0.4, 0.5) is 9.59 Å². The number of benzene rings is 6. The van der Waals surface area contributed by atoms with Crippen molar-refractivity contribution in [3.8, 4) is 0 Å². The summed E-state index contributed by atoms with van der Waals surface area (Å²) >= 11 is 6.33. The highest BCUT2D eigenvalue weighted by Crippen LogP contribution is 2.41. The maximum Gasteiger partial charge on any atom is 0.408 e. The first-order valence-corrected chi connectivity index (χ1v) is 31.7. The van der Waals surface area contributed by atoms with Crippen LogP contribution in [0.5, 0.6) is 0 Å². The average molecular weight is 1340 g/mol. The molecule has 2 aliphatic rings. The number of esters is 5. The third kappa shape index (κ3) is 20.7. The van der Waals surface area contributed by atoms with E-state index in [0.717, 1.165) is 22.3 Å². The Labute approximate surface area is 564 Å². The van der Waals surface area contributed by atoms with Crippen molar-refractivity contribution in [3.63, 3.8) is 0 Å². The fraction of sp³-hybridized carbons (Fsp3) is 0.301. The lowest BCUT2D eigenvalue weighted by atomic mass is 9.88. The van der Waals surface area contributed by atoms with E-state index in [1.807, 2.05) is 121 Å². The van der Waals surface area contributed by atoms with Gasteiger partial charge in [0.15, 0.2) is 30.0 Å². The van der Waals surface area contributed by atoms with E-state index in [-0.39, 0.29) is 75.3 Å². The van der Waals surface area contributed by atoms with Crippen LogP contribution in [0.3, 0.4) is 0 Å². The van der Waals surface area contributed by atoms with Gasteiger partial charge in [0, 0.05) is 51.6 Å². The number of alkyl carbamates (subject to hydrolysis) is 2. The van der Waals surface area contributed by atoms with Crippen molar-refractivity contribution in [3.05, 3.63) is 239 Å². The molecule has 97 heavy (non-hydrogen) atoms. The number of hydrogen-bond acceptors (Lipinski definition) is 20. The minimum absolute atomic E-state index is 0.0127. The number of ether oxygens (including phenoxy) is 9. The van der Waals surface area contributed by atoms with Gasteiger partial charge >= 0.3 is 42.0 Å². The number of fused-ring (bicyclic) bond motifs is 1. The minimum Gasteiger partial charge on any atom is -0.459 e. The molecular weight excluding hydrogens is 1270 g/mol. The Morgan fingerprint density at radius 3 is 1.40 bits per heavy atom. The van der Waals surface area contributed by atoms with Gasteiger partial charge in [-0.25, -0.2) is 29.1 Å². The Morgan fingerprint density at radius 1 is 0.495 bits per heavy atom. The van der Waals surface area contributed by atoms with Crippen LogP contribution in [-0.2, 0) is 92.7 Å². The molecule has 0 spiro atoms. The Hall–Kier alpha value is -10.6. The molecule has 2 amide bonds. The first-order chi connectivity index (χ1) is 47.0. The predicted octanol–water partition coefficient (Wildman–Crippen LogP) is 10.5. The number of nitrogens with zero attached hydrogens (tertiary/aromatic N) is 3. The van der Waals surface area contributed by atoms with Gasteiger partial charge in [0.25, 0.3) is 0 Å². The van der Waals surface area contributed by atoms with Gasteiger partial charge in [-0.05, 0) is 71.8 Å². The SMILES string of the molecule is CC(=O)OC1[C@@H](CC(=O)[C@H](Cc2ccccc2)NC(=O)OCc2ccccc2)[C@@H](COC(=O)c2ccccc2)O[C@H]1n1ccc2c(Cl)ncnc21.CC(=O)OC1[C@@H](OC(C)=O)O[C@H](COC(=O)c2ccccc2)[C@@H]1CCC(=O)[C@H](Cc1ccccc1)NC(=O)OCc1ccccc1. The van der Waals surface area contributed by atoms with Crippen LogP contribution in [-0.4, -0.2) is 124 Å². The third-order valence-corrected chi connectivity index (χ3v) is 16.2. The van der Waals surface area contributed by atoms with Gasteiger partial charge in [-0.1, -0.05) is 169 Å². The van der Waals surface area contributed by atoms with Crippen LogP contribution < -0.4 is 10.6 Å². The summed E-state index contributed by atoms with van der Waals surface area (Å²) in [6, 6.07) is 53.3. The summed E-state index contributed by atoms with van der Waals surface area (Å²) in [5.74, 6) is -5.29. The highest BCUT2D eigenvalue weighted by Gasteiger charge is 2.51. The number of halogens is 1. The van der Waals surface area contributed by atoms with Crippen LogP contribution in [0.25, 0.3) is 11.0 Å². The topological polar surface area (TPSA) is 291 Å². The molecule has 0 radical (unpaired) electrons. The number of nitrogens with one attached hydrogen (secondary N) is 2. The molecule has 2 aliphatic heterocycles. The van der Waals surface area contributed by atoms with Crippen molar-refractivity contribution in [2.45, 2.75) is 115 Å². The fourth-order valence-corrected chi connectivity index (χ4v) is 11.5. The van der Waals surface area contributed by atoms with Crippen molar-refractivity contribution in [2.24, 2.45) is 11.8 Å². The first kappa shape index (κ1) is 70.7. The van der Waals surface area contributed by atoms with Gasteiger partial charge in [0.05, 0.1) is 28.6 Å². The molecule has 0 aliphatic carbocycles. The maximum atomic E-state index is 14.3. The Morgan fingerprint density at radius 2 is 0.928 bits per heavy atom. The maximum absolute atomic E-state index is 14.3.